The van der Waals surface area contributed by atoms with E-state index in [0.717, 1.165) is 16.7 Å². The van der Waals surface area contributed by atoms with Gasteiger partial charge in [-0.1, -0.05) is 47.5 Å². The summed E-state index contributed by atoms with van der Waals surface area (Å²) in [4.78, 5) is 42.3. The standard InChI is InChI=1S/C27H27N3O4/c1-18-4-8-20(9-5-18)17-29-24(16-25(31)28-21-10-14-23(34-3)15-11-21)26(32)30(27(29)33)22-12-6-19(2)7-13-22/h4-15,24H,16-17H2,1-3H3,(H,28,31)/t24-/m1/s1. The molecule has 1 saturated heterocycles. The summed E-state index contributed by atoms with van der Waals surface area (Å²) < 4.78 is 5.14. The Morgan fingerprint density at radius 2 is 1.47 bits per heavy atom. The molecule has 3 aromatic rings. The third-order valence-electron chi connectivity index (χ3n) is 5.84. The van der Waals surface area contributed by atoms with Crippen LogP contribution in [-0.2, 0) is 16.1 Å². The molecule has 1 atom stereocenters. The molecule has 4 rings (SSSR count). The van der Waals surface area contributed by atoms with Crippen molar-refractivity contribution in [3.8, 4) is 5.75 Å². The fraction of sp³-hybridized carbons (Fsp3) is 0.222. The number of urea groups is 1. The number of imide groups is 1. The molecule has 1 aliphatic rings. The lowest BCUT2D eigenvalue weighted by atomic mass is 10.1. The normalized spacial score (nSPS) is 15.6. The number of aryl methyl sites for hydroxylation is 2. The van der Waals surface area contributed by atoms with Gasteiger partial charge in [-0.2, -0.15) is 0 Å². The molecule has 7 nitrogen and oxygen atoms in total. The number of methoxy groups -OCH3 is 1. The minimum absolute atomic E-state index is 0.148. The highest BCUT2D eigenvalue weighted by Gasteiger charge is 2.46. The molecule has 0 aliphatic carbocycles. The molecular weight excluding hydrogens is 430 g/mol. The monoisotopic (exact) mass is 457 g/mol. The van der Waals surface area contributed by atoms with E-state index in [-0.39, 0.29) is 18.9 Å². The first-order chi connectivity index (χ1) is 16.4. The largest absolute Gasteiger partial charge is 0.497 e. The third kappa shape index (κ3) is 4.93. The first kappa shape index (κ1) is 23.0. The zero-order valence-electron chi connectivity index (χ0n) is 19.4. The summed E-state index contributed by atoms with van der Waals surface area (Å²) in [5.74, 6) is -0.0885. The minimum atomic E-state index is -0.909. The molecule has 4 amide bonds. The zero-order chi connectivity index (χ0) is 24.2. The number of anilines is 2. The molecule has 1 N–H and O–H groups in total. The number of amides is 4. The first-order valence-corrected chi connectivity index (χ1v) is 11.1. The van der Waals surface area contributed by atoms with Gasteiger partial charge in [0, 0.05) is 12.2 Å². The second kappa shape index (κ2) is 9.79. The Kier molecular flexibility index (Phi) is 6.63. The molecule has 1 aliphatic heterocycles. The lowest BCUT2D eigenvalue weighted by Crippen LogP contribution is -2.37. The quantitative estimate of drug-likeness (QED) is 0.523. The van der Waals surface area contributed by atoms with Crippen molar-refractivity contribution in [2.24, 2.45) is 0 Å². The van der Waals surface area contributed by atoms with Crippen LogP contribution in [0.2, 0.25) is 0 Å². The topological polar surface area (TPSA) is 79.0 Å². The molecule has 0 aromatic heterocycles. The van der Waals surface area contributed by atoms with Crippen molar-refractivity contribution in [2.45, 2.75) is 32.9 Å². The highest BCUT2D eigenvalue weighted by atomic mass is 16.5. The van der Waals surface area contributed by atoms with E-state index in [1.165, 1.54) is 9.80 Å². The van der Waals surface area contributed by atoms with E-state index in [1.807, 2.05) is 50.2 Å². The Labute approximate surface area is 198 Å². The van der Waals surface area contributed by atoms with Crippen LogP contribution in [0, 0.1) is 13.8 Å². The molecule has 34 heavy (non-hydrogen) atoms. The molecule has 0 bridgehead atoms. The van der Waals surface area contributed by atoms with E-state index in [1.54, 1.807) is 43.5 Å². The number of hydrogen-bond donors (Lipinski definition) is 1. The average Bonchev–Trinajstić information content (AvgIpc) is 3.05. The molecular formula is C27H27N3O4. The average molecular weight is 458 g/mol. The van der Waals surface area contributed by atoms with Gasteiger partial charge in [0.25, 0.3) is 5.91 Å². The molecule has 7 heteroatoms. The van der Waals surface area contributed by atoms with E-state index in [2.05, 4.69) is 5.32 Å². The Bertz CT molecular complexity index is 1190. The maximum atomic E-state index is 13.4. The van der Waals surface area contributed by atoms with Crippen LogP contribution in [0.5, 0.6) is 5.75 Å². The zero-order valence-corrected chi connectivity index (χ0v) is 19.4. The van der Waals surface area contributed by atoms with Gasteiger partial charge < -0.3 is 15.0 Å². The van der Waals surface area contributed by atoms with Gasteiger partial charge in [0.15, 0.2) is 0 Å². The minimum Gasteiger partial charge on any atom is -0.497 e. The van der Waals surface area contributed by atoms with Crippen LogP contribution in [0.3, 0.4) is 0 Å². The Hall–Kier alpha value is -4.13. The smallest absolute Gasteiger partial charge is 0.332 e. The SMILES string of the molecule is COc1ccc(NC(=O)C[C@@H]2C(=O)N(c3ccc(C)cc3)C(=O)N2Cc2ccc(C)cc2)cc1. The molecule has 1 heterocycles. The van der Waals surface area contributed by atoms with Crippen LogP contribution >= 0.6 is 0 Å². The molecule has 0 radical (unpaired) electrons. The summed E-state index contributed by atoms with van der Waals surface area (Å²) in [6, 6.07) is 20.5. The number of rotatable bonds is 7. The fourth-order valence-electron chi connectivity index (χ4n) is 3.90. The number of nitrogens with zero attached hydrogens (tertiary/aromatic N) is 2. The van der Waals surface area contributed by atoms with Crippen molar-refractivity contribution in [1.29, 1.82) is 0 Å². The van der Waals surface area contributed by atoms with E-state index in [0.29, 0.717) is 17.1 Å². The lowest BCUT2D eigenvalue weighted by molar-refractivity contribution is -0.124. The van der Waals surface area contributed by atoms with Gasteiger partial charge in [-0.3, -0.25) is 9.59 Å². The molecule has 0 saturated carbocycles. The van der Waals surface area contributed by atoms with Crippen molar-refractivity contribution < 1.29 is 19.1 Å². The number of hydrogen-bond acceptors (Lipinski definition) is 4. The van der Waals surface area contributed by atoms with Gasteiger partial charge in [0.1, 0.15) is 11.8 Å². The van der Waals surface area contributed by atoms with Crippen LogP contribution in [0.1, 0.15) is 23.1 Å². The summed E-state index contributed by atoms with van der Waals surface area (Å²) in [5.41, 5.74) is 4.09. The number of nitrogens with one attached hydrogen (secondary N) is 1. The summed E-state index contributed by atoms with van der Waals surface area (Å²) in [5, 5.41) is 2.81. The van der Waals surface area contributed by atoms with Gasteiger partial charge >= 0.3 is 6.03 Å². The van der Waals surface area contributed by atoms with Crippen LogP contribution < -0.4 is 15.0 Å². The maximum Gasteiger partial charge on any atom is 0.332 e. The van der Waals surface area contributed by atoms with Gasteiger partial charge in [-0.05, 0) is 55.8 Å². The Morgan fingerprint density at radius 1 is 0.882 bits per heavy atom. The molecule has 0 unspecified atom stereocenters. The molecule has 0 spiro atoms. The van der Waals surface area contributed by atoms with Crippen molar-refractivity contribution in [3.63, 3.8) is 0 Å². The fourth-order valence-corrected chi connectivity index (χ4v) is 3.90. The predicted molar refractivity (Wildman–Crippen MR) is 131 cm³/mol. The maximum absolute atomic E-state index is 13.4. The summed E-state index contributed by atoms with van der Waals surface area (Å²) >= 11 is 0. The molecule has 3 aromatic carbocycles. The highest BCUT2D eigenvalue weighted by molar-refractivity contribution is 6.22. The third-order valence-corrected chi connectivity index (χ3v) is 5.84. The predicted octanol–water partition coefficient (Wildman–Crippen LogP) is 4.68. The summed E-state index contributed by atoms with van der Waals surface area (Å²) in [6.45, 7) is 4.15. The van der Waals surface area contributed by atoms with Crippen LogP contribution in [0.15, 0.2) is 72.8 Å². The van der Waals surface area contributed by atoms with E-state index in [9.17, 15) is 14.4 Å². The van der Waals surface area contributed by atoms with Gasteiger partial charge in [0.05, 0.1) is 19.2 Å². The number of carbonyl (C=O) groups excluding carboxylic acids is 3. The second-order valence-corrected chi connectivity index (χ2v) is 8.40. The van der Waals surface area contributed by atoms with E-state index >= 15 is 0 Å². The molecule has 174 valence electrons. The van der Waals surface area contributed by atoms with Gasteiger partial charge in [0.2, 0.25) is 5.91 Å². The van der Waals surface area contributed by atoms with Crippen LogP contribution in [-0.4, -0.2) is 35.9 Å². The number of carbonyl (C=O) groups is 3. The van der Waals surface area contributed by atoms with Crippen LogP contribution in [0.4, 0.5) is 16.2 Å². The first-order valence-electron chi connectivity index (χ1n) is 11.1. The van der Waals surface area contributed by atoms with Crippen molar-refractivity contribution in [2.75, 3.05) is 17.3 Å². The van der Waals surface area contributed by atoms with Crippen molar-refractivity contribution in [1.82, 2.24) is 4.90 Å². The van der Waals surface area contributed by atoms with Gasteiger partial charge in [-0.25, -0.2) is 9.69 Å². The summed E-state index contributed by atoms with van der Waals surface area (Å²) in [7, 11) is 1.57. The number of ether oxygens (including phenoxy) is 1. The molecule has 1 fully saturated rings. The summed E-state index contributed by atoms with van der Waals surface area (Å²) in [6.07, 6.45) is -0.148. The highest BCUT2D eigenvalue weighted by Crippen LogP contribution is 2.29. The van der Waals surface area contributed by atoms with E-state index in [4.69, 9.17) is 4.74 Å². The van der Waals surface area contributed by atoms with Crippen LogP contribution in [0.25, 0.3) is 0 Å². The number of benzene rings is 3. The van der Waals surface area contributed by atoms with Gasteiger partial charge in [-0.15, -0.1) is 0 Å². The van der Waals surface area contributed by atoms with Crippen molar-refractivity contribution >= 4 is 29.2 Å². The second-order valence-electron chi connectivity index (χ2n) is 8.40. The Balaban J connectivity index is 1.58. The van der Waals surface area contributed by atoms with E-state index < -0.39 is 18.0 Å². The van der Waals surface area contributed by atoms with Crippen molar-refractivity contribution in [3.05, 3.63) is 89.5 Å². The Morgan fingerprint density at radius 3 is 2.06 bits per heavy atom. The lowest BCUT2D eigenvalue weighted by Gasteiger charge is -2.22.